The molecule has 0 unspecified atom stereocenters. The van der Waals surface area contributed by atoms with E-state index in [0.29, 0.717) is 6.61 Å². The number of benzene rings is 1. The standard InChI is InChI=1S/C9H13N3O/c1-2-4-9(5-3-1)6-13-12-8-10-7-11-12/h1-5,10-11H,6-8H2. The molecule has 2 N–H and O–H groups in total. The lowest BCUT2D eigenvalue weighted by Crippen LogP contribution is -2.30. The molecular formula is C9H13N3O. The lowest BCUT2D eigenvalue weighted by atomic mass is 10.2. The zero-order valence-electron chi connectivity index (χ0n) is 7.36. The van der Waals surface area contributed by atoms with Gasteiger partial charge in [0, 0.05) is 0 Å². The maximum Gasteiger partial charge on any atom is 0.0953 e. The van der Waals surface area contributed by atoms with Crippen molar-refractivity contribution >= 4 is 0 Å². The minimum Gasteiger partial charge on any atom is -0.287 e. The summed E-state index contributed by atoms with van der Waals surface area (Å²) in [5.74, 6) is 0. The van der Waals surface area contributed by atoms with Crippen LogP contribution in [0.25, 0.3) is 0 Å². The van der Waals surface area contributed by atoms with E-state index >= 15 is 0 Å². The van der Waals surface area contributed by atoms with Crippen LogP contribution in [0.15, 0.2) is 30.3 Å². The molecule has 0 aromatic heterocycles. The van der Waals surface area contributed by atoms with Crippen LogP contribution >= 0.6 is 0 Å². The normalized spacial score (nSPS) is 17.8. The Kier molecular flexibility index (Phi) is 2.89. The second kappa shape index (κ2) is 4.34. The van der Waals surface area contributed by atoms with Gasteiger partial charge in [-0.3, -0.25) is 10.2 Å². The molecule has 0 spiro atoms. The van der Waals surface area contributed by atoms with Gasteiger partial charge >= 0.3 is 0 Å². The highest BCUT2D eigenvalue weighted by molar-refractivity contribution is 5.13. The Morgan fingerprint density at radius 3 is 2.85 bits per heavy atom. The number of hydrogen-bond acceptors (Lipinski definition) is 4. The highest BCUT2D eigenvalue weighted by atomic mass is 16.7. The van der Waals surface area contributed by atoms with Crippen molar-refractivity contribution < 1.29 is 4.84 Å². The summed E-state index contributed by atoms with van der Waals surface area (Å²) in [6.45, 7) is 2.11. The summed E-state index contributed by atoms with van der Waals surface area (Å²) in [6, 6.07) is 10.1. The first-order valence-corrected chi connectivity index (χ1v) is 4.34. The summed E-state index contributed by atoms with van der Waals surface area (Å²) in [7, 11) is 0. The maximum atomic E-state index is 5.45. The van der Waals surface area contributed by atoms with Crippen LogP contribution in [-0.4, -0.2) is 18.5 Å². The first-order valence-electron chi connectivity index (χ1n) is 4.34. The van der Waals surface area contributed by atoms with Crippen molar-refractivity contribution in [2.45, 2.75) is 6.61 Å². The minimum atomic E-state index is 0.607. The van der Waals surface area contributed by atoms with E-state index in [1.807, 2.05) is 30.3 Å². The molecule has 0 bridgehead atoms. The van der Waals surface area contributed by atoms with E-state index in [4.69, 9.17) is 4.84 Å². The first-order chi connectivity index (χ1) is 6.45. The van der Waals surface area contributed by atoms with Crippen molar-refractivity contribution in [3.63, 3.8) is 0 Å². The molecule has 1 aromatic carbocycles. The Labute approximate surface area is 77.4 Å². The number of rotatable bonds is 3. The van der Waals surface area contributed by atoms with E-state index in [9.17, 15) is 0 Å². The average molecular weight is 179 g/mol. The molecule has 1 heterocycles. The third kappa shape index (κ3) is 2.50. The topological polar surface area (TPSA) is 36.5 Å². The number of nitrogens with one attached hydrogen (secondary N) is 2. The molecular weight excluding hydrogens is 166 g/mol. The smallest absolute Gasteiger partial charge is 0.0953 e. The molecule has 13 heavy (non-hydrogen) atoms. The fraction of sp³-hybridized carbons (Fsp3) is 0.333. The fourth-order valence-corrected chi connectivity index (χ4v) is 1.18. The summed E-state index contributed by atoms with van der Waals surface area (Å²) in [6.07, 6.45) is 0. The molecule has 0 saturated carbocycles. The zero-order chi connectivity index (χ0) is 8.93. The summed E-state index contributed by atoms with van der Waals surface area (Å²) in [5.41, 5.74) is 4.20. The molecule has 1 aromatic rings. The number of hydroxylamine groups is 1. The predicted octanol–water partition coefficient (Wildman–Crippen LogP) is 0.443. The molecule has 0 aliphatic carbocycles. The lowest BCUT2D eigenvalue weighted by Gasteiger charge is -2.13. The van der Waals surface area contributed by atoms with Gasteiger partial charge in [0.25, 0.3) is 0 Å². The van der Waals surface area contributed by atoms with E-state index in [0.717, 1.165) is 13.3 Å². The van der Waals surface area contributed by atoms with Crippen molar-refractivity contribution in [3.05, 3.63) is 35.9 Å². The van der Waals surface area contributed by atoms with Gasteiger partial charge in [0.15, 0.2) is 0 Å². The zero-order valence-corrected chi connectivity index (χ0v) is 7.36. The number of nitrogens with zero attached hydrogens (tertiary/aromatic N) is 1. The molecule has 70 valence electrons. The molecule has 1 aliphatic rings. The van der Waals surface area contributed by atoms with Crippen molar-refractivity contribution in [3.8, 4) is 0 Å². The van der Waals surface area contributed by atoms with Crippen molar-refractivity contribution in [1.82, 2.24) is 15.9 Å². The van der Waals surface area contributed by atoms with E-state index in [1.54, 1.807) is 5.17 Å². The van der Waals surface area contributed by atoms with Gasteiger partial charge < -0.3 is 0 Å². The number of hydrogen-bond donors (Lipinski definition) is 2. The molecule has 4 nitrogen and oxygen atoms in total. The Balaban J connectivity index is 1.79. The van der Waals surface area contributed by atoms with Gasteiger partial charge in [0.05, 0.1) is 19.9 Å². The van der Waals surface area contributed by atoms with Gasteiger partial charge in [0.1, 0.15) is 0 Å². The molecule has 4 heteroatoms. The largest absolute Gasteiger partial charge is 0.287 e. The van der Waals surface area contributed by atoms with Crippen LogP contribution in [0.3, 0.4) is 0 Å². The predicted molar refractivity (Wildman–Crippen MR) is 49.1 cm³/mol. The van der Waals surface area contributed by atoms with E-state index in [-0.39, 0.29) is 0 Å². The van der Waals surface area contributed by atoms with Crippen LogP contribution in [0.4, 0.5) is 0 Å². The second-order valence-corrected chi connectivity index (χ2v) is 2.88. The van der Waals surface area contributed by atoms with Crippen LogP contribution in [0.2, 0.25) is 0 Å². The van der Waals surface area contributed by atoms with E-state index in [2.05, 4.69) is 10.7 Å². The summed E-state index contributed by atoms with van der Waals surface area (Å²) in [4.78, 5) is 5.45. The number of hydrazine groups is 1. The summed E-state index contributed by atoms with van der Waals surface area (Å²) < 4.78 is 0. The first kappa shape index (κ1) is 8.65. The third-order valence-corrected chi connectivity index (χ3v) is 1.87. The molecule has 1 fully saturated rings. The SMILES string of the molecule is c1ccc(CON2CNCN2)cc1. The Bertz CT molecular complexity index is 246. The van der Waals surface area contributed by atoms with Crippen LogP contribution in [0, 0.1) is 0 Å². The quantitative estimate of drug-likeness (QED) is 0.706. The van der Waals surface area contributed by atoms with Crippen LogP contribution < -0.4 is 10.7 Å². The minimum absolute atomic E-state index is 0.607. The van der Waals surface area contributed by atoms with Crippen molar-refractivity contribution in [2.75, 3.05) is 13.3 Å². The molecule has 2 rings (SSSR count). The van der Waals surface area contributed by atoms with Crippen molar-refractivity contribution in [2.24, 2.45) is 0 Å². The van der Waals surface area contributed by atoms with Gasteiger partial charge in [-0.25, -0.2) is 5.43 Å². The molecule has 1 aliphatic heterocycles. The second-order valence-electron chi connectivity index (χ2n) is 2.88. The summed E-state index contributed by atoms with van der Waals surface area (Å²) >= 11 is 0. The Morgan fingerprint density at radius 1 is 1.31 bits per heavy atom. The molecule has 0 amide bonds. The van der Waals surface area contributed by atoms with E-state index in [1.165, 1.54) is 5.56 Å². The third-order valence-electron chi connectivity index (χ3n) is 1.87. The lowest BCUT2D eigenvalue weighted by molar-refractivity contribution is -0.187. The fourth-order valence-electron chi connectivity index (χ4n) is 1.18. The van der Waals surface area contributed by atoms with Gasteiger partial charge in [-0.1, -0.05) is 30.3 Å². The maximum absolute atomic E-state index is 5.45. The molecule has 0 atom stereocenters. The molecule has 1 saturated heterocycles. The van der Waals surface area contributed by atoms with E-state index < -0.39 is 0 Å². The van der Waals surface area contributed by atoms with Crippen LogP contribution in [0.5, 0.6) is 0 Å². The van der Waals surface area contributed by atoms with Crippen molar-refractivity contribution in [1.29, 1.82) is 0 Å². The average Bonchev–Trinajstić information content (AvgIpc) is 2.69. The summed E-state index contributed by atoms with van der Waals surface area (Å²) in [5, 5.41) is 4.80. The van der Waals surface area contributed by atoms with Gasteiger partial charge in [0.2, 0.25) is 0 Å². The van der Waals surface area contributed by atoms with Crippen LogP contribution in [0.1, 0.15) is 5.56 Å². The van der Waals surface area contributed by atoms with Gasteiger partial charge in [-0.15, -0.1) is 5.17 Å². The monoisotopic (exact) mass is 179 g/mol. The van der Waals surface area contributed by atoms with Crippen LogP contribution in [-0.2, 0) is 11.4 Å². The Morgan fingerprint density at radius 2 is 2.15 bits per heavy atom. The molecule has 0 radical (unpaired) electrons. The van der Waals surface area contributed by atoms with Gasteiger partial charge in [-0.2, -0.15) is 0 Å². The Hall–Kier alpha value is -0.940. The van der Waals surface area contributed by atoms with Gasteiger partial charge in [-0.05, 0) is 5.56 Å². The highest BCUT2D eigenvalue weighted by Crippen LogP contribution is 2.01. The highest BCUT2D eigenvalue weighted by Gasteiger charge is 2.09.